The fraction of sp³-hybridized carbons (Fsp3) is 0.667. The van der Waals surface area contributed by atoms with Gasteiger partial charge in [0, 0.05) is 12.6 Å². The van der Waals surface area contributed by atoms with E-state index >= 15 is 0 Å². The molecule has 1 heterocycles. The van der Waals surface area contributed by atoms with Gasteiger partial charge in [0.2, 0.25) is 0 Å². The normalized spacial score (nSPS) is 15.3. The first-order valence-corrected chi connectivity index (χ1v) is 6.84. The Labute approximate surface area is 115 Å². The lowest BCUT2D eigenvalue weighted by Gasteiger charge is -2.24. The van der Waals surface area contributed by atoms with Crippen LogP contribution in [0.25, 0.3) is 0 Å². The topological polar surface area (TPSA) is 45.1 Å². The Balaban J connectivity index is 2.51. The molecule has 0 fully saturated rings. The number of pyridine rings is 1. The first-order chi connectivity index (χ1) is 8.81. The van der Waals surface area contributed by atoms with Crippen molar-refractivity contribution in [3.05, 3.63) is 29.8 Å². The predicted molar refractivity (Wildman–Crippen MR) is 75.3 cm³/mol. The quantitative estimate of drug-likeness (QED) is 0.833. The van der Waals surface area contributed by atoms with E-state index < -0.39 is 0 Å². The van der Waals surface area contributed by atoms with E-state index in [0.29, 0.717) is 6.54 Å². The van der Waals surface area contributed by atoms with E-state index in [-0.39, 0.29) is 23.4 Å². The van der Waals surface area contributed by atoms with Crippen molar-refractivity contribution in [3.8, 4) is 0 Å². The first kappa shape index (κ1) is 16.1. The smallest absolute Gasteiger partial charge is 0.141 e. The summed E-state index contributed by atoms with van der Waals surface area (Å²) in [6.07, 6.45) is 2.44. The zero-order chi connectivity index (χ0) is 14.5. The highest BCUT2D eigenvalue weighted by molar-refractivity contribution is 5.09. The van der Waals surface area contributed by atoms with E-state index in [1.807, 2.05) is 6.92 Å². The summed E-state index contributed by atoms with van der Waals surface area (Å²) in [4.78, 5) is 4.08. The highest BCUT2D eigenvalue weighted by Crippen LogP contribution is 2.21. The van der Waals surface area contributed by atoms with E-state index in [9.17, 15) is 9.50 Å². The molecule has 108 valence electrons. The van der Waals surface area contributed by atoms with Crippen molar-refractivity contribution in [3.63, 3.8) is 0 Å². The second-order valence-corrected chi connectivity index (χ2v) is 6.19. The average molecular weight is 268 g/mol. The van der Waals surface area contributed by atoms with Crippen LogP contribution in [0.3, 0.4) is 0 Å². The highest BCUT2D eigenvalue weighted by atomic mass is 19.1. The highest BCUT2D eigenvalue weighted by Gasteiger charge is 2.18. The molecule has 0 spiro atoms. The molecule has 1 rings (SSSR count). The van der Waals surface area contributed by atoms with E-state index in [1.165, 1.54) is 12.3 Å². The van der Waals surface area contributed by atoms with Gasteiger partial charge in [0.05, 0.1) is 18.0 Å². The van der Waals surface area contributed by atoms with Crippen molar-refractivity contribution in [2.45, 2.75) is 52.7 Å². The molecule has 0 aliphatic heterocycles. The summed E-state index contributed by atoms with van der Waals surface area (Å²) in [5.74, 6) is -0.327. The number of rotatable bonds is 6. The molecule has 0 saturated heterocycles. The number of nitrogens with zero attached hydrogens (tertiary/aromatic N) is 1. The van der Waals surface area contributed by atoms with Crippen LogP contribution in [0.1, 0.15) is 52.3 Å². The third-order valence-corrected chi connectivity index (χ3v) is 2.96. The number of aromatic nitrogens is 1. The van der Waals surface area contributed by atoms with E-state index in [4.69, 9.17) is 0 Å². The number of nitrogens with one attached hydrogen (secondary N) is 1. The van der Waals surface area contributed by atoms with Gasteiger partial charge in [-0.1, -0.05) is 27.7 Å². The molecule has 4 heteroatoms. The fourth-order valence-electron chi connectivity index (χ4n) is 2.11. The molecule has 1 aromatic heterocycles. The number of hydrogen-bond acceptors (Lipinski definition) is 3. The molecule has 2 N–H and O–H groups in total. The maximum atomic E-state index is 12.8. The summed E-state index contributed by atoms with van der Waals surface area (Å²) in [5, 5.41) is 13.3. The van der Waals surface area contributed by atoms with Crippen LogP contribution in [0.4, 0.5) is 4.39 Å². The lowest BCUT2D eigenvalue weighted by Crippen LogP contribution is -2.33. The Morgan fingerprint density at radius 1 is 1.37 bits per heavy atom. The van der Waals surface area contributed by atoms with Crippen LogP contribution in [0.2, 0.25) is 0 Å². The van der Waals surface area contributed by atoms with Crippen molar-refractivity contribution in [1.82, 2.24) is 10.3 Å². The molecular formula is C15H25FN2O. The monoisotopic (exact) mass is 268 g/mol. The van der Waals surface area contributed by atoms with Gasteiger partial charge in [-0.25, -0.2) is 4.39 Å². The van der Waals surface area contributed by atoms with Crippen LogP contribution < -0.4 is 5.32 Å². The SMILES string of the molecule is CCC(NCC(O)CC(C)(C)C)c1ccc(F)cn1. The van der Waals surface area contributed by atoms with Crippen molar-refractivity contribution in [2.24, 2.45) is 5.41 Å². The van der Waals surface area contributed by atoms with Gasteiger partial charge >= 0.3 is 0 Å². The summed E-state index contributed by atoms with van der Waals surface area (Å²) >= 11 is 0. The number of halogens is 1. The minimum absolute atomic E-state index is 0.0511. The molecule has 0 aliphatic carbocycles. The molecule has 0 amide bonds. The Hall–Kier alpha value is -1.00. The van der Waals surface area contributed by atoms with Gasteiger partial charge in [0.1, 0.15) is 5.82 Å². The Morgan fingerprint density at radius 2 is 2.05 bits per heavy atom. The van der Waals surface area contributed by atoms with Crippen molar-refractivity contribution in [2.75, 3.05) is 6.54 Å². The average Bonchev–Trinajstić information content (AvgIpc) is 2.29. The molecule has 0 saturated carbocycles. The molecule has 0 aliphatic rings. The second kappa shape index (κ2) is 6.96. The molecule has 0 bridgehead atoms. The van der Waals surface area contributed by atoms with Crippen molar-refractivity contribution in [1.29, 1.82) is 0 Å². The number of aliphatic hydroxyl groups is 1. The van der Waals surface area contributed by atoms with Crippen molar-refractivity contribution < 1.29 is 9.50 Å². The minimum Gasteiger partial charge on any atom is -0.392 e. The molecule has 3 nitrogen and oxygen atoms in total. The largest absolute Gasteiger partial charge is 0.392 e. The molecule has 0 aromatic carbocycles. The summed E-state index contributed by atoms with van der Waals surface area (Å²) in [5.41, 5.74) is 0.920. The lowest BCUT2D eigenvalue weighted by molar-refractivity contribution is 0.116. The molecule has 1 aromatic rings. The first-order valence-electron chi connectivity index (χ1n) is 6.84. The Kier molecular flexibility index (Phi) is 5.88. The van der Waals surface area contributed by atoms with Crippen LogP contribution in [0, 0.1) is 11.2 Å². The van der Waals surface area contributed by atoms with Crippen LogP contribution in [0.15, 0.2) is 18.3 Å². The molecule has 2 atom stereocenters. The van der Waals surface area contributed by atoms with Gasteiger partial charge in [0.25, 0.3) is 0 Å². The van der Waals surface area contributed by atoms with Gasteiger partial charge in [-0.05, 0) is 30.4 Å². The second-order valence-electron chi connectivity index (χ2n) is 6.19. The third-order valence-electron chi connectivity index (χ3n) is 2.96. The van der Waals surface area contributed by atoms with Gasteiger partial charge < -0.3 is 10.4 Å². The van der Waals surface area contributed by atoms with Crippen LogP contribution in [-0.4, -0.2) is 22.7 Å². The van der Waals surface area contributed by atoms with Crippen LogP contribution in [-0.2, 0) is 0 Å². The maximum absolute atomic E-state index is 12.8. The summed E-state index contributed by atoms with van der Waals surface area (Å²) < 4.78 is 12.8. The lowest BCUT2D eigenvalue weighted by atomic mass is 9.89. The third kappa shape index (κ3) is 6.12. The van der Waals surface area contributed by atoms with E-state index in [0.717, 1.165) is 18.5 Å². The standard InChI is InChI=1S/C15H25FN2O/c1-5-13(14-7-6-11(16)9-17-14)18-10-12(19)8-15(2,3)4/h6-7,9,12-13,18-19H,5,8,10H2,1-4H3. The Morgan fingerprint density at radius 3 is 2.53 bits per heavy atom. The van der Waals surface area contributed by atoms with E-state index in [2.05, 4.69) is 31.1 Å². The summed E-state index contributed by atoms with van der Waals surface area (Å²) in [6.45, 7) is 8.88. The minimum atomic E-state index is -0.380. The van der Waals surface area contributed by atoms with Gasteiger partial charge in [-0.3, -0.25) is 4.98 Å². The zero-order valence-corrected chi connectivity index (χ0v) is 12.3. The summed E-state index contributed by atoms with van der Waals surface area (Å²) in [7, 11) is 0. The summed E-state index contributed by atoms with van der Waals surface area (Å²) in [6, 6.07) is 3.15. The van der Waals surface area contributed by atoms with Gasteiger partial charge in [-0.2, -0.15) is 0 Å². The Bertz CT molecular complexity index is 373. The van der Waals surface area contributed by atoms with Gasteiger partial charge in [-0.15, -0.1) is 0 Å². The van der Waals surface area contributed by atoms with Gasteiger partial charge in [0.15, 0.2) is 0 Å². The van der Waals surface area contributed by atoms with Crippen molar-refractivity contribution >= 4 is 0 Å². The van der Waals surface area contributed by atoms with E-state index in [1.54, 1.807) is 6.07 Å². The molecule has 0 radical (unpaired) electrons. The molecular weight excluding hydrogens is 243 g/mol. The van der Waals surface area contributed by atoms with Crippen LogP contribution in [0.5, 0.6) is 0 Å². The van der Waals surface area contributed by atoms with Crippen LogP contribution >= 0.6 is 0 Å². The molecule has 2 unspecified atom stereocenters. The number of hydrogen-bond donors (Lipinski definition) is 2. The number of aliphatic hydroxyl groups excluding tert-OH is 1. The fourth-order valence-corrected chi connectivity index (χ4v) is 2.11. The zero-order valence-electron chi connectivity index (χ0n) is 12.3. The molecule has 19 heavy (non-hydrogen) atoms. The maximum Gasteiger partial charge on any atom is 0.141 e. The predicted octanol–water partition coefficient (Wildman–Crippen LogP) is 3.06.